The fraction of sp³-hybridized carbons (Fsp3) is 0.714. The van der Waals surface area contributed by atoms with Crippen molar-refractivity contribution in [2.45, 2.75) is 104 Å². The summed E-state index contributed by atoms with van der Waals surface area (Å²) in [6, 6.07) is 1.64. The largest absolute Gasteiger partial charge is 0.330 e. The first-order chi connectivity index (χ1) is 16.7. The van der Waals surface area contributed by atoms with Gasteiger partial charge in [0, 0.05) is 18.4 Å². The van der Waals surface area contributed by atoms with Gasteiger partial charge in [0.2, 0.25) is 5.95 Å². The summed E-state index contributed by atoms with van der Waals surface area (Å²) in [5.74, 6) is -4.99. The molecular weight excluding hydrogens is 454 g/mol. The highest BCUT2D eigenvalue weighted by atomic mass is 19.3. The minimum Gasteiger partial charge on any atom is -0.330 e. The van der Waals surface area contributed by atoms with Gasteiger partial charge in [-0.2, -0.15) is 8.78 Å². The number of halogens is 4. The maximum Gasteiger partial charge on any atom is 0.286 e. The zero-order chi connectivity index (χ0) is 25.6. The summed E-state index contributed by atoms with van der Waals surface area (Å²) in [6.45, 7) is 9.04. The molecule has 1 aliphatic carbocycles. The standard InChI is InChI=1S/C28H41F4N3/c1-5-7-10-20(4)17-22-18-21-12-13-23(28(31,32)25(21)26(29)33-22)24-14-16-35(27(30)34-24)15-9-8-11-19(3)6-2/h14,16,18-20,23,27H,5-13,15,17H2,1-4H3. The zero-order valence-corrected chi connectivity index (χ0v) is 21.7. The lowest BCUT2D eigenvalue weighted by atomic mass is 9.78. The van der Waals surface area contributed by atoms with Gasteiger partial charge < -0.3 is 4.90 Å². The Morgan fingerprint density at radius 2 is 1.86 bits per heavy atom. The lowest BCUT2D eigenvalue weighted by molar-refractivity contribution is -0.0533. The molecule has 7 heteroatoms. The van der Waals surface area contributed by atoms with Crippen molar-refractivity contribution in [3.8, 4) is 0 Å². The van der Waals surface area contributed by atoms with Crippen molar-refractivity contribution in [1.82, 2.24) is 9.88 Å². The molecule has 196 valence electrons. The predicted octanol–water partition coefficient (Wildman–Crippen LogP) is 7.98. The highest BCUT2D eigenvalue weighted by Crippen LogP contribution is 2.46. The molecule has 0 radical (unpaired) electrons. The van der Waals surface area contributed by atoms with E-state index in [0.717, 1.165) is 44.9 Å². The fourth-order valence-corrected chi connectivity index (χ4v) is 5.14. The van der Waals surface area contributed by atoms with Gasteiger partial charge in [-0.25, -0.2) is 18.8 Å². The van der Waals surface area contributed by atoms with Gasteiger partial charge in [0.1, 0.15) is 0 Å². The van der Waals surface area contributed by atoms with Crippen molar-refractivity contribution < 1.29 is 17.6 Å². The number of pyridine rings is 1. The number of unbranched alkanes of at least 4 members (excludes halogenated alkanes) is 2. The van der Waals surface area contributed by atoms with E-state index in [1.807, 2.05) is 0 Å². The van der Waals surface area contributed by atoms with Gasteiger partial charge in [0.15, 0.2) is 0 Å². The minimum absolute atomic E-state index is 0.000620. The van der Waals surface area contributed by atoms with Crippen LogP contribution in [-0.2, 0) is 18.8 Å². The number of allylic oxidation sites excluding steroid dienone is 1. The number of nitrogens with zero attached hydrogens (tertiary/aromatic N) is 3. The third-order valence-corrected chi connectivity index (χ3v) is 7.57. The summed E-state index contributed by atoms with van der Waals surface area (Å²) in [7, 11) is 0. The molecule has 3 rings (SSSR count). The molecule has 1 aromatic heterocycles. The van der Waals surface area contributed by atoms with Crippen LogP contribution in [0.15, 0.2) is 23.3 Å². The van der Waals surface area contributed by atoms with E-state index in [-0.39, 0.29) is 12.1 Å². The van der Waals surface area contributed by atoms with Crippen molar-refractivity contribution in [2.24, 2.45) is 22.7 Å². The van der Waals surface area contributed by atoms with Crippen LogP contribution in [0.3, 0.4) is 0 Å². The zero-order valence-electron chi connectivity index (χ0n) is 21.7. The van der Waals surface area contributed by atoms with Crippen molar-refractivity contribution in [3.63, 3.8) is 0 Å². The van der Waals surface area contributed by atoms with E-state index in [1.54, 1.807) is 6.07 Å². The van der Waals surface area contributed by atoms with Crippen LogP contribution in [0.4, 0.5) is 17.6 Å². The second kappa shape index (κ2) is 12.4. The van der Waals surface area contributed by atoms with Crippen LogP contribution in [-0.4, -0.2) is 28.6 Å². The van der Waals surface area contributed by atoms with E-state index in [1.165, 1.54) is 17.2 Å². The predicted molar refractivity (Wildman–Crippen MR) is 134 cm³/mol. The molecule has 0 aromatic carbocycles. The molecular formula is C28H41F4N3. The van der Waals surface area contributed by atoms with Crippen molar-refractivity contribution >= 4 is 5.71 Å². The molecule has 1 aromatic rings. The number of alkyl halides is 3. The van der Waals surface area contributed by atoms with E-state index < -0.39 is 29.8 Å². The summed E-state index contributed by atoms with van der Waals surface area (Å²) in [5.41, 5.74) is 0.205. The van der Waals surface area contributed by atoms with Gasteiger partial charge in [-0.05, 0) is 55.2 Å². The highest BCUT2D eigenvalue weighted by Gasteiger charge is 2.50. The molecule has 0 saturated heterocycles. The van der Waals surface area contributed by atoms with Gasteiger partial charge >= 0.3 is 0 Å². The lowest BCUT2D eigenvalue weighted by Crippen LogP contribution is -2.40. The van der Waals surface area contributed by atoms with Gasteiger partial charge in [-0.1, -0.05) is 66.2 Å². The summed E-state index contributed by atoms with van der Waals surface area (Å²) < 4.78 is 60.7. The third kappa shape index (κ3) is 6.85. The molecule has 2 aliphatic rings. The Morgan fingerprint density at radius 1 is 1.11 bits per heavy atom. The fourth-order valence-electron chi connectivity index (χ4n) is 5.14. The molecule has 0 bridgehead atoms. The quantitative estimate of drug-likeness (QED) is 0.127. The number of fused-ring (bicyclic) bond motifs is 1. The van der Waals surface area contributed by atoms with Crippen LogP contribution in [0.1, 0.15) is 95.9 Å². The molecule has 4 unspecified atom stereocenters. The molecule has 0 amide bonds. The number of aromatic nitrogens is 1. The lowest BCUT2D eigenvalue weighted by Gasteiger charge is -2.35. The second-order valence-electron chi connectivity index (χ2n) is 10.5. The van der Waals surface area contributed by atoms with Crippen LogP contribution in [0.5, 0.6) is 0 Å². The molecule has 0 spiro atoms. The summed E-state index contributed by atoms with van der Waals surface area (Å²) in [6.07, 6.45) is 9.47. The smallest absolute Gasteiger partial charge is 0.286 e. The topological polar surface area (TPSA) is 28.5 Å². The molecule has 3 nitrogen and oxygen atoms in total. The third-order valence-electron chi connectivity index (χ3n) is 7.57. The van der Waals surface area contributed by atoms with Gasteiger partial charge in [-0.3, -0.25) is 0 Å². The monoisotopic (exact) mass is 495 g/mol. The first-order valence-electron chi connectivity index (χ1n) is 13.4. The number of rotatable bonds is 12. The Hall–Kier alpha value is -1.92. The highest BCUT2D eigenvalue weighted by molar-refractivity contribution is 5.98. The van der Waals surface area contributed by atoms with Crippen molar-refractivity contribution in [2.75, 3.05) is 6.54 Å². The molecule has 0 saturated carbocycles. The molecule has 1 aliphatic heterocycles. The maximum absolute atomic E-state index is 15.5. The van der Waals surface area contributed by atoms with Crippen LogP contribution < -0.4 is 0 Å². The van der Waals surface area contributed by atoms with E-state index in [0.29, 0.717) is 42.5 Å². The summed E-state index contributed by atoms with van der Waals surface area (Å²) in [5, 5.41) is 0. The Labute approximate surface area is 208 Å². The number of aryl methyl sites for hydroxylation is 1. The van der Waals surface area contributed by atoms with Crippen LogP contribution in [0.2, 0.25) is 0 Å². The van der Waals surface area contributed by atoms with Crippen LogP contribution >= 0.6 is 0 Å². The number of aliphatic imine (C=N–C) groups is 1. The average Bonchev–Trinajstić information content (AvgIpc) is 2.80. The minimum atomic E-state index is -3.49. The summed E-state index contributed by atoms with van der Waals surface area (Å²) >= 11 is 0. The van der Waals surface area contributed by atoms with Gasteiger partial charge in [0.25, 0.3) is 12.3 Å². The van der Waals surface area contributed by atoms with Crippen molar-refractivity contribution in [1.29, 1.82) is 0 Å². The Bertz CT molecular complexity index is 898. The first-order valence-corrected chi connectivity index (χ1v) is 13.4. The van der Waals surface area contributed by atoms with Gasteiger partial charge in [0.05, 0.1) is 17.2 Å². The maximum atomic E-state index is 15.5. The first kappa shape index (κ1) is 27.7. The Morgan fingerprint density at radius 3 is 2.54 bits per heavy atom. The molecule has 35 heavy (non-hydrogen) atoms. The van der Waals surface area contributed by atoms with Crippen LogP contribution in [0, 0.1) is 23.7 Å². The van der Waals surface area contributed by atoms with E-state index in [4.69, 9.17) is 0 Å². The Balaban J connectivity index is 1.68. The van der Waals surface area contributed by atoms with Crippen LogP contribution in [0.25, 0.3) is 0 Å². The normalized spacial score (nSPS) is 23.1. The molecule has 0 N–H and O–H groups in total. The second-order valence-corrected chi connectivity index (χ2v) is 10.5. The average molecular weight is 496 g/mol. The number of hydrogen-bond acceptors (Lipinski definition) is 3. The number of hydrogen-bond donors (Lipinski definition) is 0. The van der Waals surface area contributed by atoms with E-state index in [2.05, 4.69) is 37.7 Å². The van der Waals surface area contributed by atoms with E-state index >= 15 is 8.78 Å². The summed E-state index contributed by atoms with van der Waals surface area (Å²) in [4.78, 5) is 9.32. The molecule has 0 fully saturated rings. The van der Waals surface area contributed by atoms with Crippen molar-refractivity contribution in [3.05, 3.63) is 41.1 Å². The molecule has 4 atom stereocenters. The van der Waals surface area contributed by atoms with Gasteiger partial charge in [-0.15, -0.1) is 0 Å². The SMILES string of the molecule is CCCCC(C)Cc1cc2c(c(F)n1)C(F)(F)C(C1=NC(F)N(CCCCC(C)CC)C=C1)CC2. The Kier molecular flexibility index (Phi) is 9.77. The van der Waals surface area contributed by atoms with E-state index in [9.17, 15) is 8.78 Å². The molecule has 2 heterocycles.